The van der Waals surface area contributed by atoms with E-state index in [0.29, 0.717) is 5.52 Å². The average molecular weight is 287 g/mol. The van der Waals surface area contributed by atoms with Crippen LogP contribution in [0.15, 0.2) is 36.4 Å². The summed E-state index contributed by atoms with van der Waals surface area (Å²) in [6.07, 6.45) is -0.478. The molecule has 1 aromatic heterocycles. The number of hydrogen-bond acceptors (Lipinski definition) is 4. The number of benzene rings is 1. The smallest absolute Gasteiger partial charge is 0.326 e. The van der Waals surface area contributed by atoms with Gasteiger partial charge in [-0.1, -0.05) is 24.3 Å². The van der Waals surface area contributed by atoms with Crippen LogP contribution in [-0.4, -0.2) is 33.9 Å². The molecule has 0 bridgehead atoms. The van der Waals surface area contributed by atoms with E-state index in [1.807, 2.05) is 12.1 Å². The fourth-order valence-corrected chi connectivity index (χ4v) is 1.83. The van der Waals surface area contributed by atoms with Crippen LogP contribution in [0.2, 0.25) is 0 Å². The number of carboxylic acid groups (broad SMARTS) is 1. The molecule has 0 aliphatic carbocycles. The number of rotatable bonds is 5. The highest BCUT2D eigenvalue weighted by Crippen LogP contribution is 2.11. The highest BCUT2D eigenvalue weighted by molar-refractivity contribution is 5.97. The monoisotopic (exact) mass is 287 g/mol. The minimum atomic E-state index is -1.37. The van der Waals surface area contributed by atoms with Crippen molar-refractivity contribution < 1.29 is 19.5 Å². The minimum Gasteiger partial charge on any atom is -0.480 e. The molecule has 0 aliphatic heterocycles. The Morgan fingerprint density at radius 1 is 1.19 bits per heavy atom. The summed E-state index contributed by atoms with van der Waals surface area (Å²) >= 11 is 0. The minimum absolute atomic E-state index is 0.0735. The van der Waals surface area contributed by atoms with Gasteiger partial charge in [-0.2, -0.15) is 0 Å². The van der Waals surface area contributed by atoms with Crippen LogP contribution in [-0.2, 0) is 9.59 Å². The van der Waals surface area contributed by atoms with E-state index in [1.165, 1.54) is 6.07 Å². The topological polar surface area (TPSA) is 122 Å². The largest absolute Gasteiger partial charge is 0.480 e. The molecule has 0 fully saturated rings. The van der Waals surface area contributed by atoms with Crippen molar-refractivity contribution in [2.45, 2.75) is 12.5 Å². The first-order chi connectivity index (χ1) is 9.97. The second-order valence-corrected chi connectivity index (χ2v) is 4.42. The van der Waals surface area contributed by atoms with Crippen LogP contribution in [0.4, 0.5) is 0 Å². The zero-order chi connectivity index (χ0) is 15.4. The molecule has 4 N–H and O–H groups in total. The molecule has 0 spiro atoms. The summed E-state index contributed by atoms with van der Waals surface area (Å²) in [4.78, 5) is 37.9. The van der Waals surface area contributed by atoms with E-state index in [0.717, 1.165) is 5.39 Å². The average Bonchev–Trinajstić information content (AvgIpc) is 2.45. The predicted molar refractivity (Wildman–Crippen MR) is 74.4 cm³/mol. The molecule has 2 amide bonds. The highest BCUT2D eigenvalue weighted by atomic mass is 16.4. The number of amides is 2. The number of pyridine rings is 1. The lowest BCUT2D eigenvalue weighted by molar-refractivity contribution is -0.140. The third kappa shape index (κ3) is 3.53. The third-order valence-electron chi connectivity index (χ3n) is 2.84. The Morgan fingerprint density at radius 2 is 1.90 bits per heavy atom. The molecule has 0 saturated carbocycles. The molecule has 1 unspecified atom stereocenters. The number of carbonyl (C=O) groups is 3. The van der Waals surface area contributed by atoms with Crippen molar-refractivity contribution in [3.8, 4) is 0 Å². The lowest BCUT2D eigenvalue weighted by Crippen LogP contribution is -2.43. The summed E-state index contributed by atoms with van der Waals surface area (Å²) in [5, 5.41) is 12.0. The number of carbonyl (C=O) groups excluding carboxylic acids is 2. The van der Waals surface area contributed by atoms with Gasteiger partial charge in [-0.3, -0.25) is 9.59 Å². The molecule has 1 heterocycles. The standard InChI is InChI=1S/C14H13N3O4/c15-12(18)7-11(14(20)21)17-13(19)10-6-5-8-3-1-2-4-9(8)16-10/h1-6,11H,7H2,(H2,15,18)(H,17,19)(H,20,21). The molecule has 1 aromatic carbocycles. The lowest BCUT2D eigenvalue weighted by atomic mass is 10.1. The van der Waals surface area contributed by atoms with Gasteiger partial charge < -0.3 is 16.2 Å². The molecule has 7 nitrogen and oxygen atoms in total. The molecule has 0 saturated heterocycles. The summed E-state index contributed by atoms with van der Waals surface area (Å²) in [6, 6.07) is 9.04. The van der Waals surface area contributed by atoms with Crippen LogP contribution >= 0.6 is 0 Å². The van der Waals surface area contributed by atoms with Gasteiger partial charge in [0.05, 0.1) is 11.9 Å². The second-order valence-electron chi connectivity index (χ2n) is 4.42. The Kier molecular flexibility index (Phi) is 4.13. The number of hydrogen-bond donors (Lipinski definition) is 3. The number of fused-ring (bicyclic) bond motifs is 1. The molecular formula is C14H13N3O4. The maximum absolute atomic E-state index is 12.0. The van der Waals surface area contributed by atoms with E-state index in [1.54, 1.807) is 18.2 Å². The van der Waals surface area contributed by atoms with Crippen molar-refractivity contribution in [1.29, 1.82) is 0 Å². The van der Waals surface area contributed by atoms with Crippen LogP contribution in [0.5, 0.6) is 0 Å². The number of nitrogens with one attached hydrogen (secondary N) is 1. The number of aromatic nitrogens is 1. The van der Waals surface area contributed by atoms with Crippen LogP contribution < -0.4 is 11.1 Å². The van der Waals surface area contributed by atoms with Crippen LogP contribution in [0, 0.1) is 0 Å². The number of nitrogens with two attached hydrogens (primary N) is 1. The van der Waals surface area contributed by atoms with Gasteiger partial charge in [0.25, 0.3) is 5.91 Å². The van der Waals surface area contributed by atoms with Gasteiger partial charge in [-0.15, -0.1) is 0 Å². The molecule has 2 aromatic rings. The van der Waals surface area contributed by atoms with Gasteiger partial charge >= 0.3 is 5.97 Å². The molecule has 0 aliphatic rings. The molecule has 7 heteroatoms. The van der Waals surface area contributed by atoms with E-state index in [2.05, 4.69) is 10.3 Å². The summed E-state index contributed by atoms with van der Waals surface area (Å²) < 4.78 is 0. The van der Waals surface area contributed by atoms with Gasteiger partial charge in [0.1, 0.15) is 11.7 Å². The molecule has 2 rings (SSSR count). The van der Waals surface area contributed by atoms with Crippen molar-refractivity contribution in [2.75, 3.05) is 0 Å². The molecule has 1 atom stereocenters. The van der Waals surface area contributed by atoms with Crippen molar-refractivity contribution in [3.05, 3.63) is 42.1 Å². The fraction of sp³-hybridized carbons (Fsp3) is 0.143. The highest BCUT2D eigenvalue weighted by Gasteiger charge is 2.23. The van der Waals surface area contributed by atoms with Gasteiger partial charge in [-0.25, -0.2) is 9.78 Å². The molecular weight excluding hydrogens is 274 g/mol. The lowest BCUT2D eigenvalue weighted by Gasteiger charge is -2.12. The first-order valence-electron chi connectivity index (χ1n) is 6.15. The Hall–Kier alpha value is -2.96. The summed E-state index contributed by atoms with van der Waals surface area (Å²) in [6.45, 7) is 0. The zero-order valence-electron chi connectivity index (χ0n) is 10.9. The van der Waals surface area contributed by atoms with E-state index in [9.17, 15) is 14.4 Å². The van der Waals surface area contributed by atoms with Crippen molar-refractivity contribution in [3.63, 3.8) is 0 Å². The number of para-hydroxylation sites is 1. The Morgan fingerprint density at radius 3 is 2.57 bits per heavy atom. The van der Waals surface area contributed by atoms with Gasteiger partial charge in [0.15, 0.2) is 0 Å². The number of aliphatic carboxylic acids is 1. The normalized spacial score (nSPS) is 11.8. The Bertz CT molecular complexity index is 714. The molecule has 108 valence electrons. The predicted octanol–water partition coefficient (Wildman–Crippen LogP) is 0.293. The maximum Gasteiger partial charge on any atom is 0.326 e. The third-order valence-corrected chi connectivity index (χ3v) is 2.84. The summed E-state index contributed by atoms with van der Waals surface area (Å²) in [5.41, 5.74) is 5.64. The Labute approximate surface area is 119 Å². The van der Waals surface area contributed by atoms with Crippen LogP contribution in [0.25, 0.3) is 10.9 Å². The van der Waals surface area contributed by atoms with E-state index < -0.39 is 30.2 Å². The summed E-state index contributed by atoms with van der Waals surface area (Å²) in [7, 11) is 0. The first-order valence-corrected chi connectivity index (χ1v) is 6.15. The zero-order valence-corrected chi connectivity index (χ0v) is 10.9. The van der Waals surface area contributed by atoms with E-state index in [-0.39, 0.29) is 5.69 Å². The van der Waals surface area contributed by atoms with E-state index >= 15 is 0 Å². The SMILES string of the molecule is NC(=O)CC(NC(=O)c1ccc2ccccc2n1)C(=O)O. The van der Waals surface area contributed by atoms with Crippen molar-refractivity contribution >= 4 is 28.7 Å². The quantitative estimate of drug-likeness (QED) is 0.729. The number of nitrogens with zero attached hydrogens (tertiary/aromatic N) is 1. The van der Waals surface area contributed by atoms with Crippen LogP contribution in [0.3, 0.4) is 0 Å². The first kappa shape index (κ1) is 14.4. The van der Waals surface area contributed by atoms with Crippen LogP contribution in [0.1, 0.15) is 16.9 Å². The fourth-order valence-electron chi connectivity index (χ4n) is 1.83. The van der Waals surface area contributed by atoms with Gasteiger partial charge in [0, 0.05) is 5.39 Å². The second kappa shape index (κ2) is 6.00. The maximum atomic E-state index is 12.0. The number of primary amides is 1. The van der Waals surface area contributed by atoms with Gasteiger partial charge in [0.2, 0.25) is 5.91 Å². The Balaban J connectivity index is 2.20. The molecule has 21 heavy (non-hydrogen) atoms. The van der Waals surface area contributed by atoms with E-state index in [4.69, 9.17) is 10.8 Å². The van der Waals surface area contributed by atoms with Gasteiger partial charge in [-0.05, 0) is 12.1 Å². The van der Waals surface area contributed by atoms with Crippen molar-refractivity contribution in [1.82, 2.24) is 10.3 Å². The number of carboxylic acids is 1. The summed E-state index contributed by atoms with van der Waals surface area (Å²) in [5.74, 6) is -2.81. The molecule has 0 radical (unpaired) electrons. The van der Waals surface area contributed by atoms with Crippen molar-refractivity contribution in [2.24, 2.45) is 5.73 Å².